The minimum Gasteiger partial charge on any atom is -0.477 e. The first kappa shape index (κ1) is 14.4. The molecule has 20 heavy (non-hydrogen) atoms. The van der Waals surface area contributed by atoms with Gasteiger partial charge in [-0.25, -0.2) is 9.78 Å². The van der Waals surface area contributed by atoms with Gasteiger partial charge in [-0.05, 0) is 18.6 Å². The maximum Gasteiger partial charge on any atom is 0.347 e. The van der Waals surface area contributed by atoms with E-state index in [1.54, 1.807) is 13.0 Å². The molecule has 0 aliphatic carbocycles. The molecule has 104 valence electrons. The summed E-state index contributed by atoms with van der Waals surface area (Å²) >= 11 is 1.19. The van der Waals surface area contributed by atoms with Crippen molar-refractivity contribution in [1.29, 1.82) is 0 Å². The van der Waals surface area contributed by atoms with Gasteiger partial charge in [-0.1, -0.05) is 24.3 Å². The van der Waals surface area contributed by atoms with E-state index >= 15 is 0 Å². The molecule has 0 radical (unpaired) electrons. The van der Waals surface area contributed by atoms with Crippen LogP contribution in [0.5, 0.6) is 0 Å². The van der Waals surface area contributed by atoms with Crippen molar-refractivity contribution in [2.75, 3.05) is 6.61 Å². The number of carboxylic acids is 1. The van der Waals surface area contributed by atoms with Gasteiger partial charge in [0.2, 0.25) is 0 Å². The maximum absolute atomic E-state index is 11.0. The standard InChI is InChI=1S/C15H15NO3S/c1-3-7-19-9-11-5-4-6-12(8-11)14-16-10(2)13(20-14)15(17)18/h3-6,8H,1,7,9H2,2H3,(H,17,18). The summed E-state index contributed by atoms with van der Waals surface area (Å²) in [4.78, 5) is 15.7. The van der Waals surface area contributed by atoms with Crippen molar-refractivity contribution >= 4 is 17.3 Å². The molecule has 4 nitrogen and oxygen atoms in total. The number of carbonyl (C=O) groups is 1. The molecule has 0 saturated carbocycles. The second-order valence-corrected chi connectivity index (χ2v) is 5.24. The summed E-state index contributed by atoms with van der Waals surface area (Å²) in [6.07, 6.45) is 1.70. The number of benzene rings is 1. The van der Waals surface area contributed by atoms with E-state index in [-0.39, 0.29) is 4.88 Å². The lowest BCUT2D eigenvalue weighted by atomic mass is 10.1. The van der Waals surface area contributed by atoms with Crippen molar-refractivity contribution in [3.63, 3.8) is 0 Å². The average Bonchev–Trinajstić information content (AvgIpc) is 2.82. The van der Waals surface area contributed by atoms with Gasteiger partial charge >= 0.3 is 5.97 Å². The van der Waals surface area contributed by atoms with Crippen molar-refractivity contribution in [2.24, 2.45) is 0 Å². The Balaban J connectivity index is 2.24. The Kier molecular flexibility index (Phi) is 4.65. The first-order chi connectivity index (χ1) is 9.61. The molecule has 0 bridgehead atoms. The quantitative estimate of drug-likeness (QED) is 0.653. The molecule has 0 amide bonds. The van der Waals surface area contributed by atoms with Crippen LogP contribution in [-0.4, -0.2) is 22.7 Å². The molecule has 5 heteroatoms. The highest BCUT2D eigenvalue weighted by Gasteiger charge is 2.15. The van der Waals surface area contributed by atoms with Crippen LogP contribution >= 0.6 is 11.3 Å². The van der Waals surface area contributed by atoms with Crippen LogP contribution < -0.4 is 0 Å². The summed E-state index contributed by atoms with van der Waals surface area (Å²) in [5.41, 5.74) is 2.48. The first-order valence-electron chi connectivity index (χ1n) is 6.10. The number of rotatable bonds is 6. The number of aryl methyl sites for hydroxylation is 1. The van der Waals surface area contributed by atoms with Crippen LogP contribution in [0.1, 0.15) is 20.9 Å². The zero-order chi connectivity index (χ0) is 14.5. The molecule has 0 aliphatic rings. The SMILES string of the molecule is C=CCOCc1cccc(-c2nc(C)c(C(=O)O)s2)c1. The largest absolute Gasteiger partial charge is 0.477 e. The van der Waals surface area contributed by atoms with Crippen molar-refractivity contribution in [1.82, 2.24) is 4.98 Å². The number of aromatic carboxylic acids is 1. The molecule has 1 aromatic heterocycles. The fourth-order valence-corrected chi connectivity index (χ4v) is 2.67. The van der Waals surface area contributed by atoms with Crippen molar-refractivity contribution in [3.8, 4) is 10.6 Å². The second-order valence-electron chi connectivity index (χ2n) is 4.24. The van der Waals surface area contributed by atoms with Crippen LogP contribution in [0.25, 0.3) is 10.6 Å². The highest BCUT2D eigenvalue weighted by molar-refractivity contribution is 7.17. The summed E-state index contributed by atoms with van der Waals surface area (Å²) in [7, 11) is 0. The molecule has 0 aliphatic heterocycles. The Bertz CT molecular complexity index is 634. The molecule has 1 N–H and O–H groups in total. The number of nitrogens with zero attached hydrogens (tertiary/aromatic N) is 1. The first-order valence-corrected chi connectivity index (χ1v) is 6.92. The molecule has 0 atom stereocenters. The molecule has 0 spiro atoms. The normalized spacial score (nSPS) is 10.4. The third-order valence-electron chi connectivity index (χ3n) is 2.67. The molecular weight excluding hydrogens is 274 g/mol. The molecule has 0 unspecified atom stereocenters. The highest BCUT2D eigenvalue weighted by Crippen LogP contribution is 2.28. The Labute approximate surface area is 121 Å². The van der Waals surface area contributed by atoms with Gasteiger partial charge in [0, 0.05) is 5.56 Å². The molecule has 2 rings (SSSR count). The summed E-state index contributed by atoms with van der Waals surface area (Å²) in [6.45, 7) is 6.31. The van der Waals surface area contributed by atoms with Gasteiger partial charge in [0.05, 0.1) is 18.9 Å². The van der Waals surface area contributed by atoms with E-state index in [2.05, 4.69) is 11.6 Å². The minimum absolute atomic E-state index is 0.285. The lowest BCUT2D eigenvalue weighted by Gasteiger charge is -2.03. The van der Waals surface area contributed by atoms with E-state index < -0.39 is 5.97 Å². The summed E-state index contributed by atoms with van der Waals surface area (Å²) in [5, 5.41) is 9.78. The fraction of sp³-hybridized carbons (Fsp3) is 0.200. The van der Waals surface area contributed by atoms with E-state index in [9.17, 15) is 4.79 Å². The maximum atomic E-state index is 11.0. The third-order valence-corrected chi connectivity index (χ3v) is 3.86. The topological polar surface area (TPSA) is 59.4 Å². The number of aromatic nitrogens is 1. The lowest BCUT2D eigenvalue weighted by Crippen LogP contribution is -1.94. The number of thiazole rings is 1. The third kappa shape index (κ3) is 3.31. The number of carboxylic acid groups (broad SMARTS) is 1. The van der Waals surface area contributed by atoms with Crippen LogP contribution in [0.15, 0.2) is 36.9 Å². The Morgan fingerprint density at radius 1 is 1.55 bits per heavy atom. The van der Waals surface area contributed by atoms with E-state index in [1.807, 2.05) is 24.3 Å². The second kappa shape index (κ2) is 6.45. The van der Waals surface area contributed by atoms with Crippen LogP contribution in [0.3, 0.4) is 0 Å². The van der Waals surface area contributed by atoms with Gasteiger partial charge < -0.3 is 9.84 Å². The molecule has 1 heterocycles. The summed E-state index contributed by atoms with van der Waals surface area (Å²) in [5.74, 6) is -0.934. The van der Waals surface area contributed by atoms with E-state index in [4.69, 9.17) is 9.84 Å². The predicted octanol–water partition coefficient (Wildman–Crippen LogP) is 3.52. The average molecular weight is 289 g/mol. The summed E-state index contributed by atoms with van der Waals surface area (Å²) < 4.78 is 5.40. The zero-order valence-corrected chi connectivity index (χ0v) is 11.9. The molecule has 2 aromatic rings. The predicted molar refractivity (Wildman–Crippen MR) is 79.1 cm³/mol. The zero-order valence-electron chi connectivity index (χ0n) is 11.1. The van der Waals surface area contributed by atoms with Gasteiger partial charge in [-0.2, -0.15) is 0 Å². The molecular formula is C15H15NO3S. The van der Waals surface area contributed by atoms with Crippen molar-refractivity contribution < 1.29 is 14.6 Å². The van der Waals surface area contributed by atoms with Gasteiger partial charge in [0.25, 0.3) is 0 Å². The van der Waals surface area contributed by atoms with Crippen LogP contribution in [-0.2, 0) is 11.3 Å². The number of hydrogen-bond donors (Lipinski definition) is 1. The molecule has 0 saturated heterocycles. The van der Waals surface area contributed by atoms with Crippen LogP contribution in [0.2, 0.25) is 0 Å². The minimum atomic E-state index is -0.934. The monoisotopic (exact) mass is 289 g/mol. The van der Waals surface area contributed by atoms with Crippen molar-refractivity contribution in [2.45, 2.75) is 13.5 Å². The van der Waals surface area contributed by atoms with Gasteiger partial charge in [0.15, 0.2) is 0 Å². The molecule has 0 fully saturated rings. The number of ether oxygens (including phenoxy) is 1. The highest BCUT2D eigenvalue weighted by atomic mass is 32.1. The smallest absolute Gasteiger partial charge is 0.347 e. The van der Waals surface area contributed by atoms with Gasteiger partial charge in [-0.15, -0.1) is 17.9 Å². The lowest BCUT2D eigenvalue weighted by molar-refractivity contribution is 0.0701. The van der Waals surface area contributed by atoms with Gasteiger partial charge in [-0.3, -0.25) is 0 Å². The Morgan fingerprint density at radius 2 is 2.35 bits per heavy atom. The van der Waals surface area contributed by atoms with E-state index in [0.717, 1.165) is 11.1 Å². The summed E-state index contributed by atoms with van der Waals surface area (Å²) in [6, 6.07) is 7.76. The Morgan fingerprint density at radius 3 is 3.00 bits per heavy atom. The number of hydrogen-bond acceptors (Lipinski definition) is 4. The van der Waals surface area contributed by atoms with Crippen LogP contribution in [0.4, 0.5) is 0 Å². The van der Waals surface area contributed by atoms with Gasteiger partial charge in [0.1, 0.15) is 9.88 Å². The molecule has 1 aromatic carbocycles. The van der Waals surface area contributed by atoms with Crippen LogP contribution in [0, 0.1) is 6.92 Å². The Hall–Kier alpha value is -1.98. The van der Waals surface area contributed by atoms with E-state index in [0.29, 0.717) is 23.9 Å². The van der Waals surface area contributed by atoms with Crippen molar-refractivity contribution in [3.05, 3.63) is 53.1 Å². The fourth-order valence-electron chi connectivity index (χ4n) is 1.77. The van der Waals surface area contributed by atoms with E-state index in [1.165, 1.54) is 11.3 Å².